The zero-order chi connectivity index (χ0) is 28.9. The van der Waals surface area contributed by atoms with Crippen LogP contribution in [0.1, 0.15) is 84.3 Å². The van der Waals surface area contributed by atoms with Crippen LogP contribution in [0.3, 0.4) is 0 Å². The highest BCUT2D eigenvalue weighted by atomic mass is 16.3. The molecule has 4 heteroatoms. The average molecular weight is 553 g/mol. The molecule has 2 atom stereocenters. The summed E-state index contributed by atoms with van der Waals surface area (Å²) in [7, 11) is 0. The van der Waals surface area contributed by atoms with E-state index in [4.69, 9.17) is 19.9 Å². The highest BCUT2D eigenvalue weighted by Gasteiger charge is 2.24. The molecule has 0 spiro atoms. The molecule has 1 N–H and O–H groups in total. The molecule has 0 saturated carbocycles. The Morgan fingerprint density at radius 1 is 1.12 bits per heavy atom. The molecule has 0 radical (unpaired) electrons. The van der Waals surface area contributed by atoms with Crippen molar-refractivity contribution in [3.05, 3.63) is 113 Å². The molecule has 2 unspecified atom stereocenters. The van der Waals surface area contributed by atoms with Crippen LogP contribution >= 0.6 is 0 Å². The number of aliphatic hydroxyl groups is 1. The first-order valence-corrected chi connectivity index (χ1v) is 14.6. The standard InChI is InChI=1S/C31H34N2.C3H4O2.C2H6.CH4/c1-22-12-15-25(16-13-22)28-20-30(32-21-28)27-17-14-23(2)29(19-27)33-31(26-10-6-7-11-26)18-24-8-4-3-5-9-24;1-3(5)2-4;1-2;/h3-4,6,10-17,21,24,27H,5,7-9,18-20H2,1-2H3;2,5H,1H2;1-2H3;1H4. The monoisotopic (exact) mass is 552 g/mol. The van der Waals surface area contributed by atoms with Crippen LogP contribution in [-0.4, -0.2) is 22.8 Å². The number of benzene rings is 1. The van der Waals surface area contributed by atoms with Crippen LogP contribution < -0.4 is 0 Å². The molecule has 0 bridgehead atoms. The molecule has 3 aliphatic carbocycles. The molecule has 0 amide bonds. The minimum atomic E-state index is -0.426. The minimum Gasteiger partial charge on any atom is -0.505 e. The first-order valence-electron chi connectivity index (χ1n) is 14.6. The van der Waals surface area contributed by atoms with E-state index in [1.54, 1.807) is 0 Å². The summed E-state index contributed by atoms with van der Waals surface area (Å²) in [5.41, 5.74) is 10.3. The van der Waals surface area contributed by atoms with Gasteiger partial charge in [-0.15, -0.1) is 0 Å². The van der Waals surface area contributed by atoms with E-state index in [9.17, 15) is 0 Å². The zero-order valence-corrected chi connectivity index (χ0v) is 24.6. The maximum atomic E-state index is 9.16. The van der Waals surface area contributed by atoms with Gasteiger partial charge < -0.3 is 5.11 Å². The Morgan fingerprint density at radius 3 is 2.46 bits per heavy atom. The minimum absolute atomic E-state index is 0. The smallest absolute Gasteiger partial charge is 0.183 e. The summed E-state index contributed by atoms with van der Waals surface area (Å²) >= 11 is 0. The number of carbonyl (C=O) groups excluding carboxylic acids is 1. The fourth-order valence-corrected chi connectivity index (χ4v) is 5.15. The fraction of sp³-hybridized carbons (Fsp3) is 0.378. The van der Waals surface area contributed by atoms with Crippen molar-refractivity contribution in [2.24, 2.45) is 21.8 Å². The predicted octanol–water partition coefficient (Wildman–Crippen LogP) is 10.0. The maximum absolute atomic E-state index is 9.16. The van der Waals surface area contributed by atoms with Crippen molar-refractivity contribution < 1.29 is 9.90 Å². The average Bonchev–Trinajstić information content (AvgIpc) is 3.70. The van der Waals surface area contributed by atoms with Crippen LogP contribution in [0.2, 0.25) is 0 Å². The normalized spacial score (nSPS) is 21.0. The van der Waals surface area contributed by atoms with Gasteiger partial charge in [0.05, 0.1) is 0 Å². The molecule has 41 heavy (non-hydrogen) atoms. The lowest BCUT2D eigenvalue weighted by atomic mass is 9.86. The van der Waals surface area contributed by atoms with Gasteiger partial charge in [-0.2, -0.15) is 0 Å². The van der Waals surface area contributed by atoms with Gasteiger partial charge in [0, 0.05) is 42.1 Å². The lowest BCUT2D eigenvalue weighted by molar-refractivity contribution is -0.106. The third kappa shape index (κ3) is 9.97. The van der Waals surface area contributed by atoms with E-state index in [1.165, 1.54) is 64.2 Å². The number of aliphatic imine (C=N–C) groups is 2. The number of aliphatic hydroxyl groups excluding tert-OH is 1. The summed E-state index contributed by atoms with van der Waals surface area (Å²) in [4.78, 5) is 19.3. The van der Waals surface area contributed by atoms with Crippen LogP contribution in [0.25, 0.3) is 5.57 Å². The van der Waals surface area contributed by atoms with Gasteiger partial charge in [-0.1, -0.05) is 100 Å². The highest BCUT2D eigenvalue weighted by molar-refractivity contribution is 6.04. The summed E-state index contributed by atoms with van der Waals surface area (Å²) < 4.78 is 0. The first-order chi connectivity index (χ1) is 19.4. The molecular weight excluding hydrogens is 504 g/mol. The molecular formula is C37H48N2O2. The van der Waals surface area contributed by atoms with Crippen molar-refractivity contribution in [1.29, 1.82) is 0 Å². The lowest BCUT2D eigenvalue weighted by Gasteiger charge is -2.22. The van der Waals surface area contributed by atoms with Crippen molar-refractivity contribution >= 4 is 23.3 Å². The third-order valence-corrected chi connectivity index (χ3v) is 7.43. The number of allylic oxidation sites excluding steroid dienone is 12. The van der Waals surface area contributed by atoms with Crippen molar-refractivity contribution in [1.82, 2.24) is 0 Å². The van der Waals surface area contributed by atoms with E-state index in [1.807, 2.05) is 13.8 Å². The Labute approximate surface area is 248 Å². The molecule has 1 aromatic rings. The Kier molecular flexibility index (Phi) is 14.0. The van der Waals surface area contributed by atoms with Crippen LogP contribution in [-0.2, 0) is 4.79 Å². The van der Waals surface area contributed by atoms with Gasteiger partial charge in [-0.25, -0.2) is 0 Å². The Morgan fingerprint density at radius 2 is 1.85 bits per heavy atom. The second kappa shape index (κ2) is 17.1. The van der Waals surface area contributed by atoms with Crippen molar-refractivity contribution in [3.63, 3.8) is 0 Å². The number of rotatable bonds is 7. The summed E-state index contributed by atoms with van der Waals surface area (Å²) in [6.07, 6.45) is 26.1. The number of aryl methyl sites for hydroxylation is 1. The molecule has 0 aromatic heterocycles. The summed E-state index contributed by atoms with van der Waals surface area (Å²) in [5, 5.41) is 7.80. The zero-order valence-electron chi connectivity index (χ0n) is 24.6. The molecule has 0 saturated heterocycles. The first kappa shape index (κ1) is 33.4. The van der Waals surface area contributed by atoms with Crippen LogP contribution in [0.4, 0.5) is 0 Å². The van der Waals surface area contributed by atoms with Gasteiger partial charge in [0.2, 0.25) is 0 Å². The van der Waals surface area contributed by atoms with E-state index in [2.05, 4.69) is 93.4 Å². The summed E-state index contributed by atoms with van der Waals surface area (Å²) in [6.45, 7) is 11.2. The van der Waals surface area contributed by atoms with Gasteiger partial charge in [0.15, 0.2) is 6.29 Å². The molecule has 5 rings (SSSR count). The van der Waals surface area contributed by atoms with Crippen molar-refractivity contribution in [2.45, 2.75) is 80.1 Å². The fourth-order valence-electron chi connectivity index (χ4n) is 5.15. The van der Waals surface area contributed by atoms with E-state index in [0.717, 1.165) is 25.7 Å². The third-order valence-electron chi connectivity index (χ3n) is 7.43. The number of hydrogen-bond acceptors (Lipinski definition) is 4. The molecule has 4 aliphatic rings. The van der Waals surface area contributed by atoms with Crippen LogP contribution in [0.15, 0.2) is 112 Å². The van der Waals surface area contributed by atoms with Crippen molar-refractivity contribution in [3.8, 4) is 0 Å². The van der Waals surface area contributed by atoms with E-state index >= 15 is 0 Å². The van der Waals surface area contributed by atoms with Gasteiger partial charge in [-0.3, -0.25) is 14.8 Å². The number of aldehydes is 1. The second-order valence-corrected chi connectivity index (χ2v) is 10.4. The van der Waals surface area contributed by atoms with Gasteiger partial charge in [0.25, 0.3) is 0 Å². The topological polar surface area (TPSA) is 62.0 Å². The number of nitrogens with zero attached hydrogens (tertiary/aromatic N) is 2. The Bertz CT molecular complexity index is 1300. The van der Waals surface area contributed by atoms with Gasteiger partial charge in [-0.05, 0) is 74.2 Å². The molecule has 1 aliphatic heterocycles. The summed E-state index contributed by atoms with van der Waals surface area (Å²) in [5.74, 6) is 0.614. The maximum Gasteiger partial charge on any atom is 0.183 e. The largest absolute Gasteiger partial charge is 0.505 e. The molecule has 1 heterocycles. The van der Waals surface area contributed by atoms with Crippen molar-refractivity contribution in [2.75, 3.05) is 0 Å². The molecule has 0 fully saturated rings. The Balaban J connectivity index is 0.000000667. The lowest BCUT2D eigenvalue weighted by Crippen LogP contribution is -2.16. The van der Waals surface area contributed by atoms with Crippen LogP contribution in [0, 0.1) is 18.8 Å². The van der Waals surface area contributed by atoms with E-state index in [0.29, 0.717) is 11.8 Å². The molecule has 1 aromatic carbocycles. The van der Waals surface area contributed by atoms with E-state index in [-0.39, 0.29) is 13.7 Å². The number of hydrogen-bond donors (Lipinski definition) is 1. The second-order valence-electron chi connectivity index (χ2n) is 10.4. The molecule has 218 valence electrons. The quantitative estimate of drug-likeness (QED) is 0.120. The summed E-state index contributed by atoms with van der Waals surface area (Å²) in [6, 6.07) is 8.80. The highest BCUT2D eigenvalue weighted by Crippen LogP contribution is 2.34. The Hall–Kier alpha value is -3.79. The number of carbonyl (C=O) groups is 1. The van der Waals surface area contributed by atoms with E-state index < -0.39 is 5.76 Å². The van der Waals surface area contributed by atoms with Crippen LogP contribution in [0.5, 0.6) is 0 Å². The SMILES string of the molecule is C.C=C(O)C=O.CC.CC1=C(N=C(CC2CC=CCC2)C2=CCC=C2)CC(C2=NC=C(c3ccc(C)cc3)C2)C=C1. The molecule has 4 nitrogen and oxygen atoms in total. The van der Waals surface area contributed by atoms with Gasteiger partial charge in [0.1, 0.15) is 5.76 Å². The van der Waals surface area contributed by atoms with Gasteiger partial charge >= 0.3 is 0 Å². The predicted molar refractivity (Wildman–Crippen MR) is 177 cm³/mol.